The molecule has 1 aromatic carbocycles. The van der Waals surface area contributed by atoms with Gasteiger partial charge in [-0.1, -0.05) is 24.3 Å². The topological polar surface area (TPSA) is 59.2 Å². The lowest BCUT2D eigenvalue weighted by atomic mass is 10.1. The fraction of sp³-hybridized carbons (Fsp3) is 0.263. The van der Waals surface area contributed by atoms with E-state index in [2.05, 4.69) is 0 Å². The summed E-state index contributed by atoms with van der Waals surface area (Å²) >= 11 is 1.64. The molecule has 1 aliphatic rings. The van der Waals surface area contributed by atoms with Crippen molar-refractivity contribution in [1.29, 1.82) is 0 Å². The summed E-state index contributed by atoms with van der Waals surface area (Å²) in [5.41, 5.74) is 8.23. The molecule has 5 heteroatoms. The molecule has 122 valence electrons. The van der Waals surface area contributed by atoms with Crippen LogP contribution in [0.25, 0.3) is 21.5 Å². The molecule has 0 bridgehead atoms. The van der Waals surface area contributed by atoms with Crippen LogP contribution in [0.2, 0.25) is 0 Å². The Balaban J connectivity index is 1.80. The molecule has 0 saturated carbocycles. The van der Waals surface area contributed by atoms with Gasteiger partial charge in [0.25, 0.3) is 5.91 Å². The van der Waals surface area contributed by atoms with Crippen molar-refractivity contribution in [2.75, 3.05) is 19.6 Å². The van der Waals surface area contributed by atoms with Gasteiger partial charge >= 0.3 is 0 Å². The minimum atomic E-state index is 0.0855. The van der Waals surface area contributed by atoms with Gasteiger partial charge in [-0.05, 0) is 42.5 Å². The smallest absolute Gasteiger partial charge is 0.254 e. The summed E-state index contributed by atoms with van der Waals surface area (Å²) < 4.78 is 0. The van der Waals surface area contributed by atoms with Crippen LogP contribution >= 0.6 is 11.3 Å². The van der Waals surface area contributed by atoms with Gasteiger partial charge in [0.05, 0.1) is 21.7 Å². The number of nitrogens with zero attached hydrogens (tertiary/aromatic N) is 2. The molecule has 1 amide bonds. The van der Waals surface area contributed by atoms with Crippen molar-refractivity contribution in [3.63, 3.8) is 0 Å². The maximum absolute atomic E-state index is 13.1. The van der Waals surface area contributed by atoms with Crippen LogP contribution in [0.5, 0.6) is 0 Å². The Labute approximate surface area is 144 Å². The molecule has 1 aliphatic heterocycles. The molecule has 3 heterocycles. The van der Waals surface area contributed by atoms with Gasteiger partial charge in [-0.15, -0.1) is 11.3 Å². The number of rotatable bonds is 3. The van der Waals surface area contributed by atoms with Crippen molar-refractivity contribution < 1.29 is 4.79 Å². The number of carbonyl (C=O) groups is 1. The maximum Gasteiger partial charge on any atom is 0.254 e. The predicted octanol–water partition coefficient (Wildman–Crippen LogP) is 3.38. The van der Waals surface area contributed by atoms with E-state index in [0.29, 0.717) is 12.5 Å². The van der Waals surface area contributed by atoms with Crippen LogP contribution < -0.4 is 5.73 Å². The number of amides is 1. The van der Waals surface area contributed by atoms with Gasteiger partial charge in [0.2, 0.25) is 0 Å². The SMILES string of the molecule is NCC1CCN(C(=O)c2cc(-c3cccs3)nc3ccccc23)C1. The lowest BCUT2D eigenvalue weighted by Gasteiger charge is -2.18. The number of para-hydroxylation sites is 1. The molecule has 1 saturated heterocycles. The van der Waals surface area contributed by atoms with E-state index in [4.69, 9.17) is 10.7 Å². The summed E-state index contributed by atoms with van der Waals surface area (Å²) in [4.78, 5) is 20.9. The van der Waals surface area contributed by atoms with Crippen LogP contribution in [0.15, 0.2) is 47.8 Å². The average Bonchev–Trinajstić information content (AvgIpc) is 3.31. The van der Waals surface area contributed by atoms with Crippen molar-refractivity contribution in [2.24, 2.45) is 11.7 Å². The second kappa shape index (κ2) is 6.34. The third-order valence-electron chi connectivity index (χ3n) is 4.63. The van der Waals surface area contributed by atoms with Crippen molar-refractivity contribution >= 4 is 28.1 Å². The van der Waals surface area contributed by atoms with E-state index >= 15 is 0 Å². The molecule has 1 fully saturated rings. The van der Waals surface area contributed by atoms with Crippen molar-refractivity contribution in [3.8, 4) is 10.6 Å². The quantitative estimate of drug-likeness (QED) is 0.797. The van der Waals surface area contributed by atoms with Crippen LogP contribution in [0.1, 0.15) is 16.8 Å². The Bertz CT molecular complexity index is 875. The number of likely N-dealkylation sites (tertiary alicyclic amines) is 1. The van der Waals surface area contributed by atoms with Gasteiger partial charge in [-0.2, -0.15) is 0 Å². The molecule has 2 aromatic heterocycles. The maximum atomic E-state index is 13.1. The van der Waals surface area contributed by atoms with Gasteiger partial charge in [0.1, 0.15) is 0 Å². The Kier molecular flexibility index (Phi) is 4.04. The van der Waals surface area contributed by atoms with Crippen LogP contribution in [0.3, 0.4) is 0 Å². The summed E-state index contributed by atoms with van der Waals surface area (Å²) in [6.07, 6.45) is 0.989. The highest BCUT2D eigenvalue weighted by atomic mass is 32.1. The molecule has 0 aliphatic carbocycles. The average molecular weight is 337 g/mol. The monoisotopic (exact) mass is 337 g/mol. The van der Waals surface area contributed by atoms with E-state index in [0.717, 1.165) is 46.5 Å². The molecule has 4 rings (SSSR count). The van der Waals surface area contributed by atoms with E-state index < -0.39 is 0 Å². The van der Waals surface area contributed by atoms with Crippen LogP contribution in [-0.4, -0.2) is 35.4 Å². The zero-order chi connectivity index (χ0) is 16.5. The molecule has 3 aromatic rings. The first kappa shape index (κ1) is 15.3. The van der Waals surface area contributed by atoms with Gasteiger partial charge in [-0.3, -0.25) is 4.79 Å². The van der Waals surface area contributed by atoms with Crippen molar-refractivity contribution in [3.05, 3.63) is 53.4 Å². The number of aromatic nitrogens is 1. The summed E-state index contributed by atoms with van der Waals surface area (Å²) in [7, 11) is 0. The first-order chi connectivity index (χ1) is 11.8. The first-order valence-electron chi connectivity index (χ1n) is 8.19. The van der Waals surface area contributed by atoms with Crippen LogP contribution in [-0.2, 0) is 0 Å². The van der Waals surface area contributed by atoms with Crippen molar-refractivity contribution in [1.82, 2.24) is 9.88 Å². The largest absolute Gasteiger partial charge is 0.338 e. The van der Waals surface area contributed by atoms with E-state index in [1.165, 1.54) is 0 Å². The van der Waals surface area contributed by atoms with E-state index in [1.807, 2.05) is 52.7 Å². The first-order valence-corrected chi connectivity index (χ1v) is 9.07. The molecule has 24 heavy (non-hydrogen) atoms. The zero-order valence-corrected chi connectivity index (χ0v) is 14.1. The summed E-state index contributed by atoms with van der Waals surface area (Å²) in [6.45, 7) is 2.17. The lowest BCUT2D eigenvalue weighted by Crippen LogP contribution is -2.30. The number of carbonyl (C=O) groups excluding carboxylic acids is 1. The molecule has 0 radical (unpaired) electrons. The number of benzene rings is 1. The minimum absolute atomic E-state index is 0.0855. The number of thiophene rings is 1. The Hall–Kier alpha value is -2.24. The third-order valence-corrected chi connectivity index (χ3v) is 5.52. The fourth-order valence-electron chi connectivity index (χ4n) is 3.28. The highest BCUT2D eigenvalue weighted by molar-refractivity contribution is 7.13. The number of fused-ring (bicyclic) bond motifs is 1. The molecular formula is C19H19N3OS. The summed E-state index contributed by atoms with van der Waals surface area (Å²) in [6, 6.07) is 13.8. The predicted molar refractivity (Wildman–Crippen MR) is 98.1 cm³/mol. The Morgan fingerprint density at radius 3 is 2.92 bits per heavy atom. The number of hydrogen-bond acceptors (Lipinski definition) is 4. The van der Waals surface area contributed by atoms with Gasteiger partial charge in [-0.25, -0.2) is 4.98 Å². The molecule has 4 nitrogen and oxygen atoms in total. The van der Waals surface area contributed by atoms with Crippen LogP contribution in [0, 0.1) is 5.92 Å². The minimum Gasteiger partial charge on any atom is -0.338 e. The molecule has 1 unspecified atom stereocenters. The van der Waals surface area contributed by atoms with E-state index in [-0.39, 0.29) is 5.91 Å². The fourth-order valence-corrected chi connectivity index (χ4v) is 3.97. The standard InChI is InChI=1S/C19H19N3OS/c20-11-13-7-8-22(12-13)19(23)15-10-17(18-6-3-9-24-18)21-16-5-2-1-4-14(15)16/h1-6,9-10,13H,7-8,11-12,20H2. The summed E-state index contributed by atoms with van der Waals surface area (Å²) in [5.74, 6) is 0.501. The number of nitrogens with two attached hydrogens (primary N) is 1. The highest BCUT2D eigenvalue weighted by Crippen LogP contribution is 2.29. The Morgan fingerprint density at radius 1 is 1.29 bits per heavy atom. The lowest BCUT2D eigenvalue weighted by molar-refractivity contribution is 0.0789. The van der Waals surface area contributed by atoms with Crippen LogP contribution in [0.4, 0.5) is 0 Å². The number of pyridine rings is 1. The summed E-state index contributed by atoms with van der Waals surface area (Å²) in [5, 5.41) is 2.94. The van der Waals surface area contributed by atoms with E-state index in [1.54, 1.807) is 11.3 Å². The number of hydrogen-bond donors (Lipinski definition) is 1. The Morgan fingerprint density at radius 2 is 2.17 bits per heavy atom. The normalized spacial score (nSPS) is 17.5. The van der Waals surface area contributed by atoms with Gasteiger partial charge in [0.15, 0.2) is 0 Å². The molecule has 1 atom stereocenters. The molecule has 2 N–H and O–H groups in total. The highest BCUT2D eigenvalue weighted by Gasteiger charge is 2.27. The van der Waals surface area contributed by atoms with Crippen molar-refractivity contribution in [2.45, 2.75) is 6.42 Å². The zero-order valence-electron chi connectivity index (χ0n) is 13.3. The second-order valence-electron chi connectivity index (χ2n) is 6.19. The van der Waals surface area contributed by atoms with Gasteiger partial charge < -0.3 is 10.6 Å². The van der Waals surface area contributed by atoms with E-state index in [9.17, 15) is 4.79 Å². The molecular weight excluding hydrogens is 318 g/mol. The molecule has 0 spiro atoms. The third kappa shape index (κ3) is 2.70. The second-order valence-corrected chi connectivity index (χ2v) is 7.14. The van der Waals surface area contributed by atoms with Gasteiger partial charge in [0, 0.05) is 18.5 Å².